The van der Waals surface area contributed by atoms with Crippen molar-refractivity contribution in [3.8, 4) is 11.3 Å². The van der Waals surface area contributed by atoms with Gasteiger partial charge in [0, 0.05) is 29.1 Å². The van der Waals surface area contributed by atoms with E-state index in [0.29, 0.717) is 5.17 Å². The third kappa shape index (κ3) is 1.78. The lowest BCUT2D eigenvalue weighted by atomic mass is 10.1. The Morgan fingerprint density at radius 2 is 2.25 bits per heavy atom. The first-order valence-corrected chi connectivity index (χ1v) is 7.41. The van der Waals surface area contributed by atoms with Crippen molar-refractivity contribution in [1.29, 1.82) is 5.41 Å². The van der Waals surface area contributed by atoms with E-state index in [1.54, 1.807) is 6.26 Å². The molecule has 1 aromatic heterocycles. The maximum absolute atomic E-state index is 8.17. The first-order valence-electron chi connectivity index (χ1n) is 6.59. The highest BCUT2D eigenvalue weighted by molar-refractivity contribution is 8.14. The van der Waals surface area contributed by atoms with Crippen molar-refractivity contribution in [3.05, 3.63) is 42.2 Å². The number of rotatable bonds is 1. The lowest BCUT2D eigenvalue weighted by Crippen LogP contribution is -2.42. The molecular weight excluding hydrogens is 270 g/mol. The standard InChI is InChI=1S/C15H13N3OS/c16-15-18-7-2-6-17-14(18)11-5-4-10(9-13(11)20-15)12-3-1-8-19-12/h1,3-5,8-9,16H,2,6-7H2. The van der Waals surface area contributed by atoms with E-state index in [2.05, 4.69) is 23.2 Å². The zero-order valence-corrected chi connectivity index (χ0v) is 11.6. The fourth-order valence-corrected chi connectivity index (χ4v) is 3.53. The molecule has 0 saturated carbocycles. The number of benzene rings is 1. The summed E-state index contributed by atoms with van der Waals surface area (Å²) in [7, 11) is 0. The summed E-state index contributed by atoms with van der Waals surface area (Å²) in [6, 6.07) is 10.1. The number of nitrogens with one attached hydrogen (secondary N) is 1. The molecule has 0 bridgehead atoms. The SMILES string of the molecule is N=C1Sc2cc(-c3ccco3)ccc2C2=NCCCN12. The number of amidine groups is 2. The molecule has 0 amide bonds. The molecule has 0 fully saturated rings. The first kappa shape index (κ1) is 11.8. The van der Waals surface area contributed by atoms with E-state index < -0.39 is 0 Å². The molecular formula is C15H13N3OS. The second-order valence-electron chi connectivity index (χ2n) is 4.81. The van der Waals surface area contributed by atoms with Crippen LogP contribution in [0.2, 0.25) is 0 Å². The molecule has 0 aliphatic carbocycles. The molecule has 1 aromatic carbocycles. The van der Waals surface area contributed by atoms with Crippen molar-refractivity contribution in [2.75, 3.05) is 13.1 Å². The molecule has 0 atom stereocenters. The van der Waals surface area contributed by atoms with E-state index in [1.807, 2.05) is 17.0 Å². The molecule has 2 aliphatic rings. The van der Waals surface area contributed by atoms with Crippen LogP contribution in [-0.4, -0.2) is 29.0 Å². The van der Waals surface area contributed by atoms with E-state index in [-0.39, 0.29) is 0 Å². The van der Waals surface area contributed by atoms with Gasteiger partial charge in [-0.3, -0.25) is 10.4 Å². The maximum Gasteiger partial charge on any atom is 0.166 e. The van der Waals surface area contributed by atoms with Gasteiger partial charge in [0.15, 0.2) is 5.17 Å². The Morgan fingerprint density at radius 1 is 1.30 bits per heavy atom. The summed E-state index contributed by atoms with van der Waals surface area (Å²) >= 11 is 1.50. The minimum absolute atomic E-state index is 0.563. The van der Waals surface area contributed by atoms with Crippen LogP contribution in [0.15, 0.2) is 50.9 Å². The Bertz CT molecular complexity index is 706. The van der Waals surface area contributed by atoms with Crippen LogP contribution in [0.5, 0.6) is 0 Å². The van der Waals surface area contributed by atoms with E-state index in [9.17, 15) is 0 Å². The minimum atomic E-state index is 0.563. The number of hydrogen-bond donors (Lipinski definition) is 1. The molecule has 4 rings (SSSR count). The highest BCUT2D eigenvalue weighted by atomic mass is 32.2. The average molecular weight is 283 g/mol. The van der Waals surface area contributed by atoms with Gasteiger partial charge in [0.2, 0.25) is 0 Å². The van der Waals surface area contributed by atoms with Crippen LogP contribution < -0.4 is 0 Å². The molecule has 0 unspecified atom stereocenters. The van der Waals surface area contributed by atoms with Crippen molar-refractivity contribution < 1.29 is 4.42 Å². The number of nitrogens with zero attached hydrogens (tertiary/aromatic N) is 2. The van der Waals surface area contributed by atoms with Gasteiger partial charge in [0.1, 0.15) is 11.6 Å². The fourth-order valence-electron chi connectivity index (χ4n) is 2.58. The number of thioether (sulfide) groups is 1. The molecule has 5 heteroatoms. The summed E-state index contributed by atoms with van der Waals surface area (Å²) in [5, 5.41) is 8.74. The van der Waals surface area contributed by atoms with E-state index in [1.165, 1.54) is 11.8 Å². The highest BCUT2D eigenvalue weighted by Crippen LogP contribution is 2.36. The molecule has 0 spiro atoms. The van der Waals surface area contributed by atoms with Crippen molar-refractivity contribution in [1.82, 2.24) is 4.90 Å². The Morgan fingerprint density at radius 3 is 3.10 bits per heavy atom. The van der Waals surface area contributed by atoms with Gasteiger partial charge >= 0.3 is 0 Å². The highest BCUT2D eigenvalue weighted by Gasteiger charge is 2.29. The van der Waals surface area contributed by atoms with Crippen LogP contribution >= 0.6 is 11.8 Å². The van der Waals surface area contributed by atoms with Crippen molar-refractivity contribution >= 4 is 22.8 Å². The lowest BCUT2D eigenvalue weighted by molar-refractivity contribution is 0.551. The zero-order valence-electron chi connectivity index (χ0n) is 10.8. The topological polar surface area (TPSA) is 52.6 Å². The van der Waals surface area contributed by atoms with E-state index >= 15 is 0 Å². The third-order valence-corrected chi connectivity index (χ3v) is 4.51. The van der Waals surface area contributed by atoms with Crippen LogP contribution in [0.4, 0.5) is 0 Å². The van der Waals surface area contributed by atoms with Crippen molar-refractivity contribution in [2.45, 2.75) is 11.3 Å². The molecule has 2 aliphatic heterocycles. The molecule has 3 heterocycles. The third-order valence-electron chi connectivity index (χ3n) is 3.54. The molecule has 100 valence electrons. The van der Waals surface area contributed by atoms with Crippen LogP contribution in [0.3, 0.4) is 0 Å². The van der Waals surface area contributed by atoms with Gasteiger partial charge in [-0.05, 0) is 30.7 Å². The fraction of sp³-hybridized carbons (Fsp3) is 0.200. The Hall–Kier alpha value is -2.01. The normalized spacial score (nSPS) is 17.5. The van der Waals surface area contributed by atoms with E-state index in [4.69, 9.17) is 9.83 Å². The van der Waals surface area contributed by atoms with Gasteiger partial charge in [0.05, 0.1) is 6.26 Å². The van der Waals surface area contributed by atoms with Crippen LogP contribution in [0, 0.1) is 5.41 Å². The predicted octanol–water partition coefficient (Wildman–Crippen LogP) is 3.44. The molecule has 4 nitrogen and oxygen atoms in total. The van der Waals surface area contributed by atoms with Gasteiger partial charge in [-0.25, -0.2) is 0 Å². The maximum atomic E-state index is 8.17. The zero-order chi connectivity index (χ0) is 13.5. The number of hydrogen-bond acceptors (Lipinski definition) is 4. The smallest absolute Gasteiger partial charge is 0.166 e. The summed E-state index contributed by atoms with van der Waals surface area (Å²) in [4.78, 5) is 7.69. The number of fused-ring (bicyclic) bond motifs is 3. The van der Waals surface area contributed by atoms with Crippen LogP contribution in [0.1, 0.15) is 12.0 Å². The number of furan rings is 1. The van der Waals surface area contributed by atoms with Gasteiger partial charge in [-0.1, -0.05) is 17.8 Å². The van der Waals surface area contributed by atoms with Crippen LogP contribution in [-0.2, 0) is 0 Å². The predicted molar refractivity (Wildman–Crippen MR) is 80.5 cm³/mol. The molecule has 0 radical (unpaired) electrons. The van der Waals surface area contributed by atoms with Crippen molar-refractivity contribution in [3.63, 3.8) is 0 Å². The lowest BCUT2D eigenvalue weighted by Gasteiger charge is -2.34. The molecule has 20 heavy (non-hydrogen) atoms. The molecule has 1 N–H and O–H groups in total. The summed E-state index contributed by atoms with van der Waals surface area (Å²) in [5.74, 6) is 1.80. The summed E-state index contributed by atoms with van der Waals surface area (Å²) in [6.45, 7) is 1.74. The number of aliphatic imine (C=N–C) groups is 1. The first-order chi connectivity index (χ1) is 9.83. The minimum Gasteiger partial charge on any atom is -0.464 e. The summed E-state index contributed by atoms with van der Waals surface area (Å²) in [6.07, 6.45) is 2.70. The summed E-state index contributed by atoms with van der Waals surface area (Å²) < 4.78 is 5.44. The van der Waals surface area contributed by atoms with Gasteiger partial charge in [-0.15, -0.1) is 0 Å². The Balaban J connectivity index is 1.83. The van der Waals surface area contributed by atoms with Crippen LogP contribution in [0.25, 0.3) is 11.3 Å². The Kier molecular flexibility index (Phi) is 2.67. The second-order valence-corrected chi connectivity index (χ2v) is 5.84. The summed E-state index contributed by atoms with van der Waals surface area (Å²) in [5.41, 5.74) is 2.17. The second kappa shape index (κ2) is 4.52. The van der Waals surface area contributed by atoms with Gasteiger partial charge in [-0.2, -0.15) is 0 Å². The largest absolute Gasteiger partial charge is 0.464 e. The van der Waals surface area contributed by atoms with Gasteiger partial charge in [0.25, 0.3) is 0 Å². The van der Waals surface area contributed by atoms with E-state index in [0.717, 1.165) is 47.1 Å². The van der Waals surface area contributed by atoms with Crippen molar-refractivity contribution in [2.24, 2.45) is 4.99 Å². The molecule has 0 saturated heterocycles. The quantitative estimate of drug-likeness (QED) is 0.872. The molecule has 2 aromatic rings. The van der Waals surface area contributed by atoms with Gasteiger partial charge < -0.3 is 9.32 Å². The average Bonchev–Trinajstić information content (AvgIpc) is 3.01. The monoisotopic (exact) mass is 283 g/mol. The Labute approximate surface area is 121 Å².